The second-order valence-corrected chi connectivity index (χ2v) is 13.8. The second-order valence-electron chi connectivity index (χ2n) is 13.0. The van der Waals surface area contributed by atoms with Crippen LogP contribution in [0.2, 0.25) is 10.0 Å². The molecule has 4 rings (SSSR count). The SMILES string of the molecule is CC(C)(C)OC(=O)N1CCC[C@H]1C(=O)Nc1ccc(-c2ccc(NC(=O)[C@@H]3CCCN3C(=O)OC(C)(C)C)cc2Cl)c(Cl)c1. The Balaban J connectivity index is 1.41. The van der Waals surface area contributed by atoms with Crippen molar-refractivity contribution >= 4 is 58.6 Å². The lowest BCUT2D eigenvalue weighted by atomic mass is 10.0. The Morgan fingerprint density at radius 2 is 1.05 bits per heavy atom. The van der Waals surface area contributed by atoms with Crippen LogP contribution in [0.3, 0.4) is 0 Å². The summed E-state index contributed by atoms with van der Waals surface area (Å²) in [4.78, 5) is 54.2. The van der Waals surface area contributed by atoms with Crippen molar-refractivity contribution in [3.8, 4) is 11.1 Å². The number of anilines is 2. The van der Waals surface area contributed by atoms with Crippen LogP contribution < -0.4 is 10.6 Å². The van der Waals surface area contributed by atoms with Gasteiger partial charge in [-0.1, -0.05) is 35.3 Å². The van der Waals surface area contributed by atoms with E-state index in [0.717, 1.165) is 0 Å². The number of nitrogens with zero attached hydrogens (tertiary/aromatic N) is 2. The smallest absolute Gasteiger partial charge is 0.410 e. The zero-order valence-electron chi connectivity index (χ0n) is 26.0. The minimum absolute atomic E-state index is 0.317. The number of amides is 4. The van der Waals surface area contributed by atoms with Crippen molar-refractivity contribution in [2.24, 2.45) is 0 Å². The Labute approximate surface area is 268 Å². The Morgan fingerprint density at radius 1 is 0.682 bits per heavy atom. The lowest BCUT2D eigenvalue weighted by Crippen LogP contribution is -2.45. The molecule has 4 amide bonds. The molecule has 0 radical (unpaired) electrons. The van der Waals surface area contributed by atoms with Gasteiger partial charge in [-0.15, -0.1) is 0 Å². The van der Waals surface area contributed by atoms with Crippen LogP contribution in [0.1, 0.15) is 67.2 Å². The van der Waals surface area contributed by atoms with E-state index in [0.29, 0.717) is 71.3 Å². The average Bonchev–Trinajstić information content (AvgIpc) is 3.58. The summed E-state index contributed by atoms with van der Waals surface area (Å²) < 4.78 is 10.9. The Hall–Kier alpha value is -3.50. The number of carbonyl (C=O) groups excluding carboxylic acids is 4. The Bertz CT molecular complexity index is 1330. The van der Waals surface area contributed by atoms with Gasteiger partial charge in [-0.2, -0.15) is 0 Å². The molecule has 2 atom stereocenters. The van der Waals surface area contributed by atoms with E-state index in [-0.39, 0.29) is 11.8 Å². The minimum atomic E-state index is -0.659. The highest BCUT2D eigenvalue weighted by Gasteiger charge is 2.38. The van der Waals surface area contributed by atoms with Gasteiger partial charge < -0.3 is 20.1 Å². The van der Waals surface area contributed by atoms with E-state index in [1.54, 1.807) is 77.9 Å². The first-order valence-electron chi connectivity index (χ1n) is 14.7. The normalized spacial score (nSPS) is 18.6. The number of benzene rings is 2. The monoisotopic (exact) mass is 646 g/mol. The van der Waals surface area contributed by atoms with Crippen LogP contribution in [0, 0.1) is 0 Å². The van der Waals surface area contributed by atoms with Gasteiger partial charge in [-0.3, -0.25) is 19.4 Å². The first-order valence-corrected chi connectivity index (χ1v) is 15.5. The van der Waals surface area contributed by atoms with Gasteiger partial charge in [0.15, 0.2) is 0 Å². The Kier molecular flexibility index (Phi) is 10.0. The molecule has 2 aromatic carbocycles. The van der Waals surface area contributed by atoms with Crippen molar-refractivity contribution in [2.75, 3.05) is 23.7 Å². The molecule has 0 unspecified atom stereocenters. The third kappa shape index (κ3) is 8.35. The fraction of sp³-hybridized carbons (Fsp3) is 0.500. The Morgan fingerprint density at radius 3 is 1.36 bits per heavy atom. The molecule has 0 bridgehead atoms. The number of halogens is 2. The minimum Gasteiger partial charge on any atom is -0.444 e. The summed E-state index contributed by atoms with van der Waals surface area (Å²) in [5.41, 5.74) is 0.908. The molecular formula is C32H40Cl2N4O6. The van der Waals surface area contributed by atoms with Gasteiger partial charge >= 0.3 is 12.2 Å². The van der Waals surface area contributed by atoms with E-state index in [4.69, 9.17) is 32.7 Å². The van der Waals surface area contributed by atoms with Gasteiger partial charge in [0.25, 0.3) is 0 Å². The number of rotatable bonds is 5. The standard InChI is InChI=1S/C32H40Cl2N4O6/c1-31(2,3)43-29(41)37-15-7-9-25(37)27(39)35-19-11-13-21(23(33)17-19)22-14-12-20(18-24(22)34)36-28(40)26-10-8-16-38(26)30(42)44-32(4,5)6/h11-14,17-18,25-26H,7-10,15-16H2,1-6H3,(H,35,39)(H,36,40)/t25-,26-/m0/s1. The number of hydrogen-bond acceptors (Lipinski definition) is 6. The summed E-state index contributed by atoms with van der Waals surface area (Å²) in [7, 11) is 0. The van der Waals surface area contributed by atoms with Crippen molar-refractivity contribution in [2.45, 2.75) is 90.5 Å². The van der Waals surface area contributed by atoms with Gasteiger partial charge in [-0.05, 0) is 91.5 Å². The molecule has 2 aliphatic rings. The van der Waals surface area contributed by atoms with Crippen LogP contribution in [0.25, 0.3) is 11.1 Å². The van der Waals surface area contributed by atoms with Gasteiger partial charge in [-0.25, -0.2) is 9.59 Å². The number of likely N-dealkylation sites (tertiary alicyclic amines) is 2. The van der Waals surface area contributed by atoms with Crippen LogP contribution in [-0.2, 0) is 19.1 Å². The maximum Gasteiger partial charge on any atom is 0.410 e. The molecule has 10 nitrogen and oxygen atoms in total. The quantitative estimate of drug-likeness (QED) is 0.351. The molecular weight excluding hydrogens is 607 g/mol. The molecule has 44 heavy (non-hydrogen) atoms. The highest BCUT2D eigenvalue weighted by molar-refractivity contribution is 6.37. The van der Waals surface area contributed by atoms with E-state index >= 15 is 0 Å². The molecule has 2 fully saturated rings. The molecule has 2 saturated heterocycles. The summed E-state index contributed by atoms with van der Waals surface area (Å²) >= 11 is 13.2. The zero-order valence-corrected chi connectivity index (χ0v) is 27.5. The molecule has 2 aliphatic heterocycles. The second kappa shape index (κ2) is 13.2. The van der Waals surface area contributed by atoms with Gasteiger partial charge in [0, 0.05) is 35.6 Å². The molecule has 0 saturated carbocycles. The van der Waals surface area contributed by atoms with E-state index < -0.39 is 35.5 Å². The summed E-state index contributed by atoms with van der Waals surface area (Å²) in [6.45, 7) is 11.6. The van der Waals surface area contributed by atoms with Gasteiger partial charge in [0.2, 0.25) is 11.8 Å². The highest BCUT2D eigenvalue weighted by atomic mass is 35.5. The zero-order chi connectivity index (χ0) is 32.4. The van der Waals surface area contributed by atoms with E-state index in [9.17, 15) is 19.2 Å². The lowest BCUT2D eigenvalue weighted by molar-refractivity contribution is -0.121. The third-order valence-corrected chi connectivity index (χ3v) is 7.76. The first kappa shape index (κ1) is 33.4. The highest BCUT2D eigenvalue weighted by Crippen LogP contribution is 2.37. The summed E-state index contributed by atoms with van der Waals surface area (Å²) in [6, 6.07) is 8.88. The molecule has 2 aromatic rings. The van der Waals surface area contributed by atoms with Crippen LogP contribution in [0.5, 0.6) is 0 Å². The van der Waals surface area contributed by atoms with Crippen molar-refractivity contribution in [3.63, 3.8) is 0 Å². The van der Waals surface area contributed by atoms with Crippen LogP contribution in [0.15, 0.2) is 36.4 Å². The first-order chi connectivity index (χ1) is 20.5. The fourth-order valence-corrected chi connectivity index (χ4v) is 5.80. The molecule has 0 spiro atoms. The number of hydrogen-bond donors (Lipinski definition) is 2. The molecule has 2 N–H and O–H groups in total. The van der Waals surface area contributed by atoms with E-state index in [1.807, 2.05) is 0 Å². The predicted octanol–water partition coefficient (Wildman–Crippen LogP) is 7.34. The molecule has 238 valence electrons. The largest absolute Gasteiger partial charge is 0.444 e. The van der Waals surface area contributed by atoms with Crippen molar-refractivity contribution in [3.05, 3.63) is 46.4 Å². The van der Waals surface area contributed by atoms with Gasteiger partial charge in [0.1, 0.15) is 23.3 Å². The van der Waals surface area contributed by atoms with E-state index in [2.05, 4.69) is 10.6 Å². The number of ether oxygens (including phenoxy) is 2. The van der Waals surface area contributed by atoms with Crippen LogP contribution in [-0.4, -0.2) is 70.2 Å². The third-order valence-electron chi connectivity index (χ3n) is 7.13. The number of carbonyl (C=O) groups is 4. The van der Waals surface area contributed by atoms with Crippen molar-refractivity contribution < 1.29 is 28.7 Å². The maximum atomic E-state index is 13.1. The maximum absolute atomic E-state index is 13.1. The predicted molar refractivity (Wildman–Crippen MR) is 171 cm³/mol. The van der Waals surface area contributed by atoms with E-state index in [1.165, 1.54) is 9.80 Å². The van der Waals surface area contributed by atoms with Crippen LogP contribution in [0.4, 0.5) is 21.0 Å². The van der Waals surface area contributed by atoms with Crippen molar-refractivity contribution in [1.82, 2.24) is 9.80 Å². The number of nitrogens with one attached hydrogen (secondary N) is 2. The summed E-state index contributed by atoms with van der Waals surface area (Å²) in [5, 5.41) is 6.43. The van der Waals surface area contributed by atoms with Crippen LogP contribution >= 0.6 is 23.2 Å². The molecule has 0 aliphatic carbocycles. The topological polar surface area (TPSA) is 117 Å². The lowest BCUT2D eigenvalue weighted by Gasteiger charge is -2.28. The molecule has 2 heterocycles. The average molecular weight is 648 g/mol. The molecule has 0 aromatic heterocycles. The molecule has 12 heteroatoms. The summed E-state index contributed by atoms with van der Waals surface area (Å²) in [6.07, 6.45) is 1.45. The van der Waals surface area contributed by atoms with Crippen molar-refractivity contribution in [1.29, 1.82) is 0 Å². The summed E-state index contributed by atoms with van der Waals surface area (Å²) in [5.74, 6) is -0.634. The van der Waals surface area contributed by atoms with Gasteiger partial charge in [0.05, 0.1) is 10.0 Å². The fourth-order valence-electron chi connectivity index (χ4n) is 5.23.